The van der Waals surface area contributed by atoms with Crippen molar-refractivity contribution in [1.29, 1.82) is 0 Å². The van der Waals surface area contributed by atoms with Crippen molar-refractivity contribution in [3.05, 3.63) is 228 Å². The summed E-state index contributed by atoms with van der Waals surface area (Å²) in [6.45, 7) is 0. The maximum atomic E-state index is 14.5. The van der Waals surface area contributed by atoms with Gasteiger partial charge in [-0.3, -0.25) is 9.59 Å². The molecule has 0 atom stereocenters. The van der Waals surface area contributed by atoms with Crippen LogP contribution in [0.15, 0.2) is 204 Å². The standard InChI is InChI=1S/C50H32N2O2S/c53-49-39-22-14-21-38-41(52-42-23-10-12-25-44(42)55-45-26-13-11-24-43(45)52)32-31-40(48(38)39)50(54)51(49)37-29-27-36(28-30-37)47(35-19-8-3-9-20-35)46(33-15-4-1-5-16-33)34-17-6-2-7-18-34/h1-32H. The fraction of sp³-hybridized carbons (Fsp3) is 0. The summed E-state index contributed by atoms with van der Waals surface area (Å²) in [5.41, 5.74) is 11.0. The average molecular weight is 725 g/mol. The zero-order chi connectivity index (χ0) is 36.9. The van der Waals surface area contributed by atoms with Crippen molar-refractivity contribution in [3.63, 3.8) is 0 Å². The Bertz CT molecular complexity index is 2710. The minimum Gasteiger partial charge on any atom is -0.308 e. The third-order valence-corrected chi connectivity index (χ3v) is 11.5. The summed E-state index contributed by atoms with van der Waals surface area (Å²) in [4.78, 5) is 34.9. The maximum Gasteiger partial charge on any atom is 0.265 e. The number of nitrogens with zero attached hydrogens (tertiary/aromatic N) is 2. The molecule has 10 rings (SSSR count). The second kappa shape index (κ2) is 13.5. The minimum atomic E-state index is -0.337. The van der Waals surface area contributed by atoms with Gasteiger partial charge in [0, 0.05) is 31.7 Å². The van der Waals surface area contributed by atoms with Gasteiger partial charge in [-0.2, -0.15) is 0 Å². The molecule has 0 fully saturated rings. The van der Waals surface area contributed by atoms with E-state index >= 15 is 0 Å². The van der Waals surface area contributed by atoms with Crippen LogP contribution in [0.2, 0.25) is 0 Å². The van der Waals surface area contributed by atoms with Crippen molar-refractivity contribution in [2.24, 2.45) is 0 Å². The van der Waals surface area contributed by atoms with Gasteiger partial charge in [-0.25, -0.2) is 4.90 Å². The molecule has 0 saturated heterocycles. The number of hydrogen-bond donors (Lipinski definition) is 0. The smallest absolute Gasteiger partial charge is 0.265 e. The van der Waals surface area contributed by atoms with E-state index in [1.165, 1.54) is 4.90 Å². The molecule has 55 heavy (non-hydrogen) atoms. The van der Waals surface area contributed by atoms with Crippen molar-refractivity contribution in [2.75, 3.05) is 9.80 Å². The summed E-state index contributed by atoms with van der Waals surface area (Å²) in [6, 6.07) is 65.4. The Balaban J connectivity index is 1.08. The molecular weight excluding hydrogens is 693 g/mol. The molecule has 0 radical (unpaired) electrons. The highest BCUT2D eigenvalue weighted by molar-refractivity contribution is 7.99. The van der Waals surface area contributed by atoms with Crippen LogP contribution in [0.5, 0.6) is 0 Å². The molecule has 4 nitrogen and oxygen atoms in total. The highest BCUT2D eigenvalue weighted by atomic mass is 32.2. The SMILES string of the molecule is O=C1c2cccc3c(N4c5ccccc5Sc5ccccc54)ccc(c23)C(=O)N1c1ccc(C(=C(c2ccccc2)c2ccccc2)c2ccccc2)cc1. The third kappa shape index (κ3) is 5.48. The van der Waals surface area contributed by atoms with E-state index in [4.69, 9.17) is 0 Å². The second-order valence-electron chi connectivity index (χ2n) is 13.6. The van der Waals surface area contributed by atoms with Crippen LogP contribution in [0.1, 0.15) is 43.0 Å². The summed E-state index contributed by atoms with van der Waals surface area (Å²) in [5, 5.41) is 1.54. The molecule has 0 saturated carbocycles. The first-order valence-electron chi connectivity index (χ1n) is 18.3. The number of benzene rings is 8. The Morgan fingerprint density at radius 1 is 0.364 bits per heavy atom. The molecule has 8 aromatic rings. The Morgan fingerprint density at radius 3 is 1.35 bits per heavy atom. The Kier molecular flexibility index (Phi) is 8.01. The van der Waals surface area contributed by atoms with Crippen molar-refractivity contribution < 1.29 is 9.59 Å². The maximum absolute atomic E-state index is 14.5. The van der Waals surface area contributed by atoms with Crippen LogP contribution in [0.3, 0.4) is 0 Å². The number of hydrogen-bond acceptors (Lipinski definition) is 4. The topological polar surface area (TPSA) is 40.6 Å². The van der Waals surface area contributed by atoms with Gasteiger partial charge in [0.1, 0.15) is 0 Å². The number of fused-ring (bicyclic) bond motifs is 2. The fourth-order valence-corrected chi connectivity index (χ4v) is 9.03. The summed E-state index contributed by atoms with van der Waals surface area (Å²) in [7, 11) is 0. The fourth-order valence-electron chi connectivity index (χ4n) is 7.98. The quantitative estimate of drug-likeness (QED) is 0.126. The molecule has 0 spiro atoms. The lowest BCUT2D eigenvalue weighted by atomic mass is 9.85. The van der Waals surface area contributed by atoms with Gasteiger partial charge in [0.25, 0.3) is 11.8 Å². The van der Waals surface area contributed by atoms with Crippen LogP contribution >= 0.6 is 11.8 Å². The van der Waals surface area contributed by atoms with Crippen molar-refractivity contribution in [1.82, 2.24) is 0 Å². The van der Waals surface area contributed by atoms with Crippen molar-refractivity contribution in [2.45, 2.75) is 9.79 Å². The molecule has 260 valence electrons. The number of carbonyl (C=O) groups is 2. The molecule has 5 heteroatoms. The van der Waals surface area contributed by atoms with E-state index in [1.54, 1.807) is 11.8 Å². The molecular formula is C50H32N2O2S. The number of imide groups is 1. The first-order chi connectivity index (χ1) is 27.2. The summed E-state index contributed by atoms with van der Waals surface area (Å²) in [6.07, 6.45) is 0. The summed E-state index contributed by atoms with van der Waals surface area (Å²) >= 11 is 1.75. The van der Waals surface area contributed by atoms with E-state index in [0.29, 0.717) is 22.2 Å². The highest BCUT2D eigenvalue weighted by Gasteiger charge is 2.36. The molecule has 8 aromatic carbocycles. The van der Waals surface area contributed by atoms with E-state index in [-0.39, 0.29) is 11.8 Å². The van der Waals surface area contributed by atoms with Crippen LogP contribution in [-0.4, -0.2) is 11.8 Å². The third-order valence-electron chi connectivity index (χ3n) is 10.4. The van der Waals surface area contributed by atoms with E-state index in [0.717, 1.165) is 65.6 Å². The second-order valence-corrected chi connectivity index (χ2v) is 14.7. The largest absolute Gasteiger partial charge is 0.308 e. The number of rotatable bonds is 6. The monoisotopic (exact) mass is 724 g/mol. The minimum absolute atomic E-state index is 0.337. The van der Waals surface area contributed by atoms with Crippen LogP contribution in [0.25, 0.3) is 21.9 Å². The highest BCUT2D eigenvalue weighted by Crippen LogP contribution is 2.53. The van der Waals surface area contributed by atoms with Gasteiger partial charge in [-0.1, -0.05) is 151 Å². The Morgan fingerprint density at radius 2 is 0.818 bits per heavy atom. The lowest BCUT2D eigenvalue weighted by molar-refractivity contribution is 0.0893. The van der Waals surface area contributed by atoms with Crippen molar-refractivity contribution >= 4 is 68.2 Å². The number of para-hydroxylation sites is 2. The van der Waals surface area contributed by atoms with E-state index in [2.05, 4.69) is 102 Å². The molecule has 0 N–H and O–H groups in total. The van der Waals surface area contributed by atoms with E-state index in [9.17, 15) is 9.59 Å². The molecule has 0 aromatic heterocycles. The zero-order valence-electron chi connectivity index (χ0n) is 29.6. The Hall–Kier alpha value is -6.95. The molecule has 0 unspecified atom stereocenters. The number of anilines is 4. The number of carbonyl (C=O) groups excluding carboxylic acids is 2. The molecule has 2 aliphatic rings. The zero-order valence-corrected chi connectivity index (χ0v) is 30.4. The average Bonchev–Trinajstić information content (AvgIpc) is 3.25. The molecule has 0 bridgehead atoms. The number of amides is 2. The van der Waals surface area contributed by atoms with Gasteiger partial charge in [0.05, 0.1) is 22.7 Å². The first kappa shape index (κ1) is 32.7. The summed E-state index contributed by atoms with van der Waals surface area (Å²) in [5.74, 6) is -0.674. The van der Waals surface area contributed by atoms with E-state index < -0.39 is 0 Å². The normalized spacial score (nSPS) is 13.0. The molecule has 2 heterocycles. The van der Waals surface area contributed by atoms with Gasteiger partial charge in [-0.05, 0) is 88.0 Å². The van der Waals surface area contributed by atoms with Gasteiger partial charge in [0.2, 0.25) is 0 Å². The summed E-state index contributed by atoms with van der Waals surface area (Å²) < 4.78 is 0. The Labute approximate surface area is 323 Å². The van der Waals surface area contributed by atoms with Crippen LogP contribution in [0, 0.1) is 0 Å². The predicted octanol–water partition coefficient (Wildman–Crippen LogP) is 12.6. The lowest BCUT2D eigenvalue weighted by Gasteiger charge is -2.34. The van der Waals surface area contributed by atoms with Crippen LogP contribution in [0.4, 0.5) is 22.7 Å². The van der Waals surface area contributed by atoms with Gasteiger partial charge in [0.15, 0.2) is 0 Å². The molecule has 2 amide bonds. The van der Waals surface area contributed by atoms with Gasteiger partial charge < -0.3 is 4.90 Å². The van der Waals surface area contributed by atoms with Crippen molar-refractivity contribution in [3.8, 4) is 0 Å². The van der Waals surface area contributed by atoms with Crippen LogP contribution in [-0.2, 0) is 0 Å². The lowest BCUT2D eigenvalue weighted by Crippen LogP contribution is -2.40. The predicted molar refractivity (Wildman–Crippen MR) is 225 cm³/mol. The van der Waals surface area contributed by atoms with Gasteiger partial charge >= 0.3 is 0 Å². The first-order valence-corrected chi connectivity index (χ1v) is 19.1. The van der Waals surface area contributed by atoms with E-state index in [1.807, 2.05) is 97.1 Å². The van der Waals surface area contributed by atoms with Gasteiger partial charge in [-0.15, -0.1) is 0 Å². The van der Waals surface area contributed by atoms with Crippen LogP contribution < -0.4 is 9.80 Å². The molecule has 2 aliphatic heterocycles. The molecule has 0 aliphatic carbocycles.